The van der Waals surface area contributed by atoms with Crippen molar-refractivity contribution in [2.24, 2.45) is 5.92 Å². The fourth-order valence-electron chi connectivity index (χ4n) is 8.17. The molecule has 0 radical (unpaired) electrons. The number of hydrogen-bond donors (Lipinski definition) is 2. The Bertz CT molecular complexity index is 1120. The van der Waals surface area contributed by atoms with Crippen molar-refractivity contribution in [2.45, 2.75) is 101 Å². The molecule has 1 heterocycles. The predicted molar refractivity (Wildman–Crippen MR) is 147 cm³/mol. The summed E-state index contributed by atoms with van der Waals surface area (Å²) in [5.74, 6) is 1.62. The van der Waals surface area contributed by atoms with Gasteiger partial charge in [-0.15, -0.1) is 0 Å². The van der Waals surface area contributed by atoms with Crippen LogP contribution < -0.4 is 4.74 Å². The SMILES string of the molecule is CCCCN(Cc1ccccc1)[C@H]1CC[C@]2(O)C(N(C)CC3CC3)Cc3ccc(O)c4c3[C@]2(CC)[C@@H]1O4. The summed E-state index contributed by atoms with van der Waals surface area (Å²) in [7, 11) is 2.22. The maximum atomic E-state index is 12.9. The van der Waals surface area contributed by atoms with Crippen LogP contribution in [0.1, 0.15) is 75.5 Å². The van der Waals surface area contributed by atoms with Crippen LogP contribution in [0.4, 0.5) is 0 Å². The van der Waals surface area contributed by atoms with E-state index in [1.807, 2.05) is 6.07 Å². The lowest BCUT2D eigenvalue weighted by molar-refractivity contribution is -0.175. The van der Waals surface area contributed by atoms with E-state index in [1.165, 1.54) is 24.0 Å². The first-order valence-electron chi connectivity index (χ1n) is 14.7. The van der Waals surface area contributed by atoms with Gasteiger partial charge in [-0.3, -0.25) is 9.80 Å². The molecule has 2 aromatic carbocycles. The minimum absolute atomic E-state index is 0.0568. The number of ether oxygens (including phenoxy) is 1. The van der Waals surface area contributed by atoms with Crippen LogP contribution in [-0.4, -0.2) is 63.9 Å². The van der Waals surface area contributed by atoms with Crippen LogP contribution in [0, 0.1) is 5.92 Å². The molecule has 0 aromatic heterocycles. The van der Waals surface area contributed by atoms with Crippen molar-refractivity contribution < 1.29 is 14.9 Å². The highest BCUT2D eigenvalue weighted by Crippen LogP contribution is 2.64. The van der Waals surface area contributed by atoms with Crippen molar-refractivity contribution >= 4 is 0 Å². The first kappa shape index (κ1) is 25.2. The Morgan fingerprint density at radius 3 is 2.54 bits per heavy atom. The zero-order valence-electron chi connectivity index (χ0n) is 22.8. The van der Waals surface area contributed by atoms with Gasteiger partial charge in [-0.2, -0.15) is 0 Å². The molecule has 200 valence electrons. The molecule has 3 aliphatic carbocycles. The van der Waals surface area contributed by atoms with Crippen molar-refractivity contribution in [3.63, 3.8) is 0 Å². The van der Waals surface area contributed by atoms with Crippen molar-refractivity contribution in [3.05, 3.63) is 59.2 Å². The fourth-order valence-corrected chi connectivity index (χ4v) is 8.17. The van der Waals surface area contributed by atoms with Gasteiger partial charge in [0, 0.05) is 30.7 Å². The zero-order valence-corrected chi connectivity index (χ0v) is 22.8. The summed E-state index contributed by atoms with van der Waals surface area (Å²) in [5.41, 5.74) is 2.25. The highest BCUT2D eigenvalue weighted by molar-refractivity contribution is 5.62. The molecule has 0 amide bonds. The normalized spacial score (nSPS) is 32.0. The minimum Gasteiger partial charge on any atom is -0.504 e. The van der Waals surface area contributed by atoms with E-state index in [9.17, 15) is 10.2 Å². The van der Waals surface area contributed by atoms with Gasteiger partial charge in [0.05, 0.1) is 11.0 Å². The van der Waals surface area contributed by atoms with Crippen LogP contribution in [-0.2, 0) is 18.4 Å². The summed E-state index contributed by atoms with van der Waals surface area (Å²) in [5, 5.41) is 23.9. The molecule has 2 aromatic rings. The third-order valence-electron chi connectivity index (χ3n) is 10.1. The topological polar surface area (TPSA) is 56.2 Å². The maximum absolute atomic E-state index is 12.9. The van der Waals surface area contributed by atoms with E-state index in [0.29, 0.717) is 5.75 Å². The van der Waals surface area contributed by atoms with Gasteiger partial charge >= 0.3 is 0 Å². The molecule has 5 atom stereocenters. The molecule has 1 unspecified atom stereocenters. The van der Waals surface area contributed by atoms with Gasteiger partial charge in [0.2, 0.25) is 0 Å². The molecule has 5 nitrogen and oxygen atoms in total. The van der Waals surface area contributed by atoms with Gasteiger partial charge in [0.1, 0.15) is 6.10 Å². The monoisotopic (exact) mass is 504 g/mol. The Morgan fingerprint density at radius 1 is 1.05 bits per heavy atom. The molecule has 0 bridgehead atoms. The third kappa shape index (κ3) is 3.92. The Kier molecular flexibility index (Phi) is 6.53. The van der Waals surface area contributed by atoms with E-state index in [2.05, 4.69) is 67.1 Å². The molecule has 0 spiro atoms. The summed E-state index contributed by atoms with van der Waals surface area (Å²) >= 11 is 0. The van der Waals surface area contributed by atoms with E-state index >= 15 is 0 Å². The summed E-state index contributed by atoms with van der Waals surface area (Å²) < 4.78 is 6.85. The number of benzene rings is 2. The summed E-state index contributed by atoms with van der Waals surface area (Å²) in [6.45, 7) is 7.42. The van der Waals surface area contributed by atoms with Gasteiger partial charge in [-0.1, -0.05) is 56.7 Å². The molecule has 6 rings (SSSR count). The molecule has 2 fully saturated rings. The first-order valence-corrected chi connectivity index (χ1v) is 14.7. The standard InChI is InChI=1S/C32H44N2O3/c1-4-6-18-34(21-22-10-8-7-9-11-22)25-16-17-32(36)27(33(3)20-23-12-13-23)19-24-14-15-26(35)29-28(24)31(32,5-2)30(25)37-29/h7-11,14-15,23,25,27,30,35-36H,4-6,12-13,16-21H2,1-3H3/t25-,27?,30+,31+,32-/m0/s1. The van der Waals surface area contributed by atoms with Crippen LogP contribution in [0.15, 0.2) is 42.5 Å². The Labute approximate surface area is 222 Å². The molecular weight excluding hydrogens is 460 g/mol. The minimum atomic E-state index is -0.887. The number of phenolic OH excluding ortho intramolecular Hbond substituents is 1. The second-order valence-corrected chi connectivity index (χ2v) is 12.3. The summed E-state index contributed by atoms with van der Waals surface area (Å²) in [4.78, 5) is 5.07. The fraction of sp³-hybridized carbons (Fsp3) is 0.625. The molecule has 0 saturated heterocycles. The number of aromatic hydroxyl groups is 1. The Balaban J connectivity index is 1.44. The van der Waals surface area contributed by atoms with E-state index in [0.717, 1.165) is 69.6 Å². The van der Waals surface area contributed by atoms with Crippen LogP contribution >= 0.6 is 0 Å². The largest absolute Gasteiger partial charge is 0.504 e. The third-order valence-corrected chi connectivity index (χ3v) is 10.1. The maximum Gasteiger partial charge on any atom is 0.165 e. The van der Waals surface area contributed by atoms with Gasteiger partial charge < -0.3 is 14.9 Å². The van der Waals surface area contributed by atoms with Gasteiger partial charge in [-0.05, 0) is 81.6 Å². The number of nitrogens with zero attached hydrogens (tertiary/aromatic N) is 2. The predicted octanol–water partition coefficient (Wildman–Crippen LogP) is 5.26. The molecule has 2 N–H and O–H groups in total. The van der Waals surface area contributed by atoms with Crippen LogP contribution in [0.5, 0.6) is 11.5 Å². The van der Waals surface area contributed by atoms with Crippen molar-refractivity contribution in [3.8, 4) is 11.5 Å². The number of hydrogen-bond acceptors (Lipinski definition) is 5. The van der Waals surface area contributed by atoms with Crippen molar-refractivity contribution in [1.29, 1.82) is 0 Å². The average molecular weight is 505 g/mol. The van der Waals surface area contributed by atoms with Crippen molar-refractivity contribution in [2.75, 3.05) is 20.1 Å². The number of rotatable bonds is 10. The number of likely N-dealkylation sites (N-methyl/N-ethyl adjacent to an activating group) is 1. The lowest BCUT2D eigenvalue weighted by atomic mass is 9.50. The molecule has 37 heavy (non-hydrogen) atoms. The van der Waals surface area contributed by atoms with E-state index in [1.54, 1.807) is 0 Å². The molecule has 5 heteroatoms. The Morgan fingerprint density at radius 2 is 1.84 bits per heavy atom. The van der Waals surface area contributed by atoms with Gasteiger partial charge in [-0.25, -0.2) is 0 Å². The van der Waals surface area contributed by atoms with Gasteiger partial charge in [0.15, 0.2) is 11.5 Å². The number of aliphatic hydroxyl groups is 1. The second-order valence-electron chi connectivity index (χ2n) is 12.3. The van der Waals surface area contributed by atoms with E-state index < -0.39 is 11.0 Å². The van der Waals surface area contributed by atoms with Crippen LogP contribution in [0.2, 0.25) is 0 Å². The highest BCUT2D eigenvalue weighted by atomic mass is 16.5. The Hall–Kier alpha value is -2.08. The lowest BCUT2D eigenvalue weighted by Crippen LogP contribution is -2.74. The van der Waals surface area contributed by atoms with E-state index in [-0.39, 0.29) is 23.9 Å². The lowest BCUT2D eigenvalue weighted by Gasteiger charge is -2.61. The number of unbranched alkanes of at least 4 members (excludes halogenated alkanes) is 1. The van der Waals surface area contributed by atoms with E-state index in [4.69, 9.17) is 4.74 Å². The average Bonchev–Trinajstić information content (AvgIpc) is 3.64. The molecule has 1 aliphatic heterocycles. The summed E-state index contributed by atoms with van der Waals surface area (Å²) in [6.07, 6.45) is 7.99. The zero-order chi connectivity index (χ0) is 25.8. The quantitative estimate of drug-likeness (QED) is 0.462. The molecular formula is C32H44N2O3. The highest BCUT2D eigenvalue weighted by Gasteiger charge is 2.71. The first-order chi connectivity index (χ1) is 17.9. The smallest absolute Gasteiger partial charge is 0.165 e. The van der Waals surface area contributed by atoms with Crippen LogP contribution in [0.25, 0.3) is 0 Å². The van der Waals surface area contributed by atoms with Crippen LogP contribution in [0.3, 0.4) is 0 Å². The summed E-state index contributed by atoms with van der Waals surface area (Å²) in [6, 6.07) is 14.9. The number of phenols is 1. The molecule has 2 saturated carbocycles. The molecule has 4 aliphatic rings. The second kappa shape index (κ2) is 9.59. The van der Waals surface area contributed by atoms with Gasteiger partial charge in [0.25, 0.3) is 0 Å². The van der Waals surface area contributed by atoms with Crippen molar-refractivity contribution in [1.82, 2.24) is 9.80 Å².